The van der Waals surface area contributed by atoms with E-state index in [-0.39, 0.29) is 23.7 Å². The van der Waals surface area contributed by atoms with Crippen LogP contribution in [0.15, 0.2) is 12.1 Å². The van der Waals surface area contributed by atoms with Crippen LogP contribution < -0.4 is 4.74 Å². The molecule has 0 atom stereocenters. The monoisotopic (exact) mass is 200 g/mol. The Morgan fingerprint density at radius 1 is 1.43 bits per heavy atom. The van der Waals surface area contributed by atoms with Gasteiger partial charge in [0.05, 0.1) is 7.11 Å². The Kier molecular flexibility index (Phi) is 3.71. The number of benzene rings is 1. The molecule has 0 amide bonds. The molecule has 0 aliphatic rings. The summed E-state index contributed by atoms with van der Waals surface area (Å²) >= 11 is 0. The van der Waals surface area contributed by atoms with Gasteiger partial charge in [-0.15, -0.1) is 0 Å². The number of aromatic hydroxyl groups is 1. The normalized spacial score (nSPS) is 10.2. The first-order valence-electron chi connectivity index (χ1n) is 4.35. The zero-order chi connectivity index (χ0) is 10.6. The third-order valence-corrected chi connectivity index (χ3v) is 1.97. The standard InChI is InChI=1S/C10H13FO3/c1-14-7-5-9(11)8(3-2-4-12)10(13)6-7/h5-6,12-13H,2-4H2,1H3. The van der Waals surface area contributed by atoms with Crippen molar-refractivity contribution in [2.24, 2.45) is 0 Å². The maximum Gasteiger partial charge on any atom is 0.133 e. The molecule has 0 spiro atoms. The highest BCUT2D eigenvalue weighted by atomic mass is 19.1. The van der Waals surface area contributed by atoms with Crippen molar-refractivity contribution in [3.05, 3.63) is 23.5 Å². The van der Waals surface area contributed by atoms with E-state index in [1.54, 1.807) is 0 Å². The van der Waals surface area contributed by atoms with Gasteiger partial charge in [0, 0.05) is 24.3 Å². The Morgan fingerprint density at radius 2 is 2.14 bits per heavy atom. The van der Waals surface area contributed by atoms with Gasteiger partial charge in [-0.25, -0.2) is 4.39 Å². The molecule has 0 aliphatic carbocycles. The number of ether oxygens (including phenoxy) is 1. The van der Waals surface area contributed by atoms with Crippen LogP contribution in [0.3, 0.4) is 0 Å². The molecule has 14 heavy (non-hydrogen) atoms. The predicted molar refractivity (Wildman–Crippen MR) is 50.0 cm³/mol. The van der Waals surface area contributed by atoms with Crippen molar-refractivity contribution in [3.8, 4) is 11.5 Å². The van der Waals surface area contributed by atoms with Crippen molar-refractivity contribution in [2.45, 2.75) is 12.8 Å². The molecule has 0 unspecified atom stereocenters. The molecular formula is C10H13FO3. The molecule has 0 aromatic heterocycles. The average Bonchev–Trinajstić information content (AvgIpc) is 2.16. The Balaban J connectivity index is 2.93. The molecule has 78 valence electrons. The van der Waals surface area contributed by atoms with E-state index >= 15 is 0 Å². The first-order chi connectivity index (χ1) is 6.69. The fraction of sp³-hybridized carbons (Fsp3) is 0.400. The van der Waals surface area contributed by atoms with Gasteiger partial charge in [-0.05, 0) is 12.8 Å². The lowest BCUT2D eigenvalue weighted by molar-refractivity contribution is 0.287. The van der Waals surface area contributed by atoms with E-state index in [9.17, 15) is 9.50 Å². The van der Waals surface area contributed by atoms with Gasteiger partial charge in [-0.3, -0.25) is 0 Å². The van der Waals surface area contributed by atoms with Crippen LogP contribution in [0, 0.1) is 5.82 Å². The minimum absolute atomic E-state index is 0.0229. The van der Waals surface area contributed by atoms with Crippen molar-refractivity contribution in [1.29, 1.82) is 0 Å². The number of rotatable bonds is 4. The zero-order valence-electron chi connectivity index (χ0n) is 7.96. The number of halogens is 1. The quantitative estimate of drug-likeness (QED) is 0.773. The van der Waals surface area contributed by atoms with E-state index in [1.165, 1.54) is 19.2 Å². The van der Waals surface area contributed by atoms with Crippen molar-refractivity contribution in [1.82, 2.24) is 0 Å². The highest BCUT2D eigenvalue weighted by Gasteiger charge is 2.10. The van der Waals surface area contributed by atoms with E-state index in [0.717, 1.165) is 0 Å². The van der Waals surface area contributed by atoms with Gasteiger partial charge < -0.3 is 14.9 Å². The number of hydrogen-bond donors (Lipinski definition) is 2. The largest absolute Gasteiger partial charge is 0.507 e. The molecule has 3 nitrogen and oxygen atoms in total. The summed E-state index contributed by atoms with van der Waals surface area (Å²) in [6.45, 7) is -0.0229. The van der Waals surface area contributed by atoms with Crippen molar-refractivity contribution in [2.75, 3.05) is 13.7 Å². The molecule has 1 aromatic carbocycles. The Labute approximate surface area is 81.8 Å². The van der Waals surface area contributed by atoms with Crippen LogP contribution in [-0.4, -0.2) is 23.9 Å². The van der Waals surface area contributed by atoms with Gasteiger partial charge in [-0.1, -0.05) is 0 Å². The highest BCUT2D eigenvalue weighted by molar-refractivity contribution is 5.40. The Hall–Kier alpha value is -1.29. The minimum atomic E-state index is -0.504. The van der Waals surface area contributed by atoms with Crippen molar-refractivity contribution < 1.29 is 19.3 Å². The number of methoxy groups -OCH3 is 1. The lowest BCUT2D eigenvalue weighted by Gasteiger charge is -2.07. The van der Waals surface area contributed by atoms with Crippen LogP contribution in [0.4, 0.5) is 4.39 Å². The van der Waals surface area contributed by atoms with E-state index in [1.807, 2.05) is 0 Å². The second kappa shape index (κ2) is 4.81. The summed E-state index contributed by atoms with van der Waals surface area (Å²) in [5.74, 6) is -0.349. The molecule has 1 rings (SSSR count). The van der Waals surface area contributed by atoms with Crippen LogP contribution in [0.5, 0.6) is 11.5 Å². The van der Waals surface area contributed by atoms with Crippen LogP contribution in [0.25, 0.3) is 0 Å². The molecule has 0 aliphatic heterocycles. The van der Waals surface area contributed by atoms with E-state index in [4.69, 9.17) is 9.84 Å². The molecular weight excluding hydrogens is 187 g/mol. The lowest BCUT2D eigenvalue weighted by Crippen LogP contribution is -1.95. The summed E-state index contributed by atoms with van der Waals surface area (Å²) < 4.78 is 18.1. The molecule has 0 radical (unpaired) electrons. The number of phenols is 1. The highest BCUT2D eigenvalue weighted by Crippen LogP contribution is 2.27. The zero-order valence-corrected chi connectivity index (χ0v) is 7.96. The van der Waals surface area contributed by atoms with Gasteiger partial charge in [0.1, 0.15) is 17.3 Å². The van der Waals surface area contributed by atoms with Gasteiger partial charge in [0.25, 0.3) is 0 Å². The fourth-order valence-electron chi connectivity index (χ4n) is 1.22. The molecule has 0 bridgehead atoms. The molecule has 1 aromatic rings. The summed E-state index contributed by atoms with van der Waals surface area (Å²) in [5.41, 5.74) is 0.222. The summed E-state index contributed by atoms with van der Waals surface area (Å²) in [5, 5.41) is 18.0. The van der Waals surface area contributed by atoms with Gasteiger partial charge in [0.15, 0.2) is 0 Å². The summed E-state index contributed by atoms with van der Waals surface area (Å²) in [4.78, 5) is 0. The molecule has 0 heterocycles. The molecule has 0 saturated heterocycles. The van der Waals surface area contributed by atoms with Crippen LogP contribution in [0.2, 0.25) is 0 Å². The second-order valence-corrected chi connectivity index (χ2v) is 2.93. The van der Waals surface area contributed by atoms with E-state index in [2.05, 4.69) is 0 Å². The van der Waals surface area contributed by atoms with E-state index < -0.39 is 5.82 Å². The Bertz CT molecular complexity index is 289. The first-order valence-corrected chi connectivity index (χ1v) is 4.35. The third kappa shape index (κ3) is 2.35. The Morgan fingerprint density at radius 3 is 2.64 bits per heavy atom. The molecule has 0 saturated carbocycles. The number of aliphatic hydroxyl groups is 1. The topological polar surface area (TPSA) is 49.7 Å². The molecule has 2 N–H and O–H groups in total. The fourth-order valence-corrected chi connectivity index (χ4v) is 1.22. The maximum atomic E-state index is 13.3. The summed E-state index contributed by atoms with van der Waals surface area (Å²) in [7, 11) is 1.40. The minimum Gasteiger partial charge on any atom is -0.507 e. The predicted octanol–water partition coefficient (Wildman–Crippen LogP) is 1.46. The van der Waals surface area contributed by atoms with Crippen LogP contribution in [-0.2, 0) is 6.42 Å². The van der Waals surface area contributed by atoms with Crippen LogP contribution in [0.1, 0.15) is 12.0 Å². The smallest absolute Gasteiger partial charge is 0.133 e. The number of phenolic OH excluding ortho intramolecular Hbond substituents is 1. The van der Waals surface area contributed by atoms with Crippen molar-refractivity contribution in [3.63, 3.8) is 0 Å². The summed E-state index contributed by atoms with van der Waals surface area (Å²) in [6.07, 6.45) is 0.745. The van der Waals surface area contributed by atoms with Gasteiger partial charge in [0.2, 0.25) is 0 Å². The van der Waals surface area contributed by atoms with Crippen LogP contribution >= 0.6 is 0 Å². The first kappa shape index (κ1) is 10.8. The maximum absolute atomic E-state index is 13.3. The number of hydrogen-bond acceptors (Lipinski definition) is 3. The SMILES string of the molecule is COc1cc(O)c(CCCO)c(F)c1. The van der Waals surface area contributed by atoms with Crippen molar-refractivity contribution >= 4 is 0 Å². The second-order valence-electron chi connectivity index (χ2n) is 2.93. The summed E-state index contributed by atoms with van der Waals surface area (Å²) in [6, 6.07) is 2.57. The van der Waals surface area contributed by atoms with E-state index in [0.29, 0.717) is 12.8 Å². The average molecular weight is 200 g/mol. The molecule has 4 heteroatoms. The lowest BCUT2D eigenvalue weighted by atomic mass is 10.1. The van der Waals surface area contributed by atoms with Gasteiger partial charge >= 0.3 is 0 Å². The third-order valence-electron chi connectivity index (χ3n) is 1.97. The molecule has 0 fully saturated rings. The van der Waals surface area contributed by atoms with Gasteiger partial charge in [-0.2, -0.15) is 0 Å². The number of aliphatic hydroxyl groups excluding tert-OH is 1.